The predicted octanol–water partition coefficient (Wildman–Crippen LogP) is 3.44. The molecule has 0 atom stereocenters. The highest BCUT2D eigenvalue weighted by Gasteiger charge is 2.30. The first-order valence-corrected chi connectivity index (χ1v) is 10.6. The number of phenolic OH excluding ortho intramolecular Hbond substituents is 1. The van der Waals surface area contributed by atoms with Crippen molar-refractivity contribution in [3.05, 3.63) is 23.8 Å². The molecule has 3 rings (SSSR count). The van der Waals surface area contributed by atoms with E-state index in [4.69, 9.17) is 9.47 Å². The van der Waals surface area contributed by atoms with Crippen LogP contribution in [0.3, 0.4) is 0 Å². The topological polar surface area (TPSA) is 88.1 Å². The van der Waals surface area contributed by atoms with E-state index in [0.29, 0.717) is 38.2 Å². The third-order valence-corrected chi connectivity index (χ3v) is 6.07. The van der Waals surface area contributed by atoms with Gasteiger partial charge in [0.1, 0.15) is 6.10 Å². The van der Waals surface area contributed by atoms with Gasteiger partial charge < -0.3 is 24.8 Å². The maximum atomic E-state index is 12.5. The monoisotopic (exact) mass is 404 g/mol. The van der Waals surface area contributed by atoms with Crippen LogP contribution in [-0.4, -0.2) is 48.3 Å². The van der Waals surface area contributed by atoms with Crippen LogP contribution in [0.15, 0.2) is 18.2 Å². The maximum Gasteiger partial charge on any atom is 0.410 e. The molecular weight excluding hydrogens is 372 g/mol. The van der Waals surface area contributed by atoms with Crippen LogP contribution in [-0.2, 0) is 16.1 Å². The van der Waals surface area contributed by atoms with E-state index in [1.54, 1.807) is 23.1 Å². The summed E-state index contributed by atoms with van der Waals surface area (Å²) in [7, 11) is 1.49. The molecule has 0 radical (unpaired) electrons. The van der Waals surface area contributed by atoms with E-state index < -0.39 is 0 Å². The number of likely N-dealkylation sites (tertiary alicyclic amines) is 1. The molecule has 160 valence electrons. The van der Waals surface area contributed by atoms with E-state index in [1.165, 1.54) is 7.11 Å². The second-order valence-corrected chi connectivity index (χ2v) is 8.25. The molecule has 1 aliphatic heterocycles. The maximum absolute atomic E-state index is 12.5. The van der Waals surface area contributed by atoms with Crippen LogP contribution >= 0.6 is 0 Å². The lowest BCUT2D eigenvalue weighted by Crippen LogP contribution is -2.44. The first-order chi connectivity index (χ1) is 14.0. The third-order valence-electron chi connectivity index (χ3n) is 6.07. The summed E-state index contributed by atoms with van der Waals surface area (Å²) in [6.45, 7) is 3.71. The average Bonchev–Trinajstić information content (AvgIpc) is 2.74. The van der Waals surface area contributed by atoms with Gasteiger partial charge >= 0.3 is 6.09 Å². The zero-order valence-electron chi connectivity index (χ0n) is 17.4. The van der Waals surface area contributed by atoms with Crippen LogP contribution in [0.5, 0.6) is 11.5 Å². The molecule has 1 aromatic rings. The van der Waals surface area contributed by atoms with Gasteiger partial charge in [0.15, 0.2) is 11.5 Å². The van der Waals surface area contributed by atoms with Crippen molar-refractivity contribution < 1.29 is 24.2 Å². The van der Waals surface area contributed by atoms with Gasteiger partial charge in [-0.15, -0.1) is 0 Å². The van der Waals surface area contributed by atoms with E-state index in [2.05, 4.69) is 12.2 Å². The van der Waals surface area contributed by atoms with Gasteiger partial charge in [-0.3, -0.25) is 4.79 Å². The van der Waals surface area contributed by atoms with Gasteiger partial charge in [-0.25, -0.2) is 4.79 Å². The van der Waals surface area contributed by atoms with Crippen molar-refractivity contribution in [2.45, 2.75) is 58.1 Å². The fraction of sp³-hybridized carbons (Fsp3) is 0.636. The molecule has 2 fully saturated rings. The number of carbonyl (C=O) groups excluding carboxylic acids is 2. The lowest BCUT2D eigenvalue weighted by Gasteiger charge is -2.33. The average molecular weight is 405 g/mol. The molecule has 1 aliphatic carbocycles. The summed E-state index contributed by atoms with van der Waals surface area (Å²) in [5.41, 5.74) is 0.857. The predicted molar refractivity (Wildman–Crippen MR) is 109 cm³/mol. The Balaban J connectivity index is 1.40. The Hall–Kier alpha value is -2.44. The fourth-order valence-corrected chi connectivity index (χ4v) is 4.05. The summed E-state index contributed by atoms with van der Waals surface area (Å²) in [5.74, 6) is 1.07. The van der Waals surface area contributed by atoms with Crippen molar-refractivity contribution in [2.75, 3.05) is 20.2 Å². The Morgan fingerprint density at radius 2 is 1.83 bits per heavy atom. The number of methoxy groups -OCH3 is 1. The first-order valence-electron chi connectivity index (χ1n) is 10.6. The molecule has 2 aliphatic rings. The van der Waals surface area contributed by atoms with Gasteiger partial charge in [0, 0.05) is 25.6 Å². The minimum absolute atomic E-state index is 0.00803. The molecule has 0 bridgehead atoms. The molecule has 7 heteroatoms. The summed E-state index contributed by atoms with van der Waals surface area (Å²) in [4.78, 5) is 26.6. The van der Waals surface area contributed by atoms with Gasteiger partial charge in [-0.2, -0.15) is 0 Å². The second-order valence-electron chi connectivity index (χ2n) is 8.25. The van der Waals surface area contributed by atoms with Crippen LogP contribution in [0.1, 0.15) is 51.0 Å². The van der Waals surface area contributed by atoms with E-state index in [1.807, 2.05) is 0 Å². The SMILES string of the molecule is COc1cc(CNC(=O)C2CCN(C(=O)O[C@H]3CC[C@@H](C)CC3)CC2)ccc1O. The number of nitrogens with one attached hydrogen (secondary N) is 1. The number of piperidine rings is 1. The summed E-state index contributed by atoms with van der Waals surface area (Å²) >= 11 is 0. The number of aromatic hydroxyl groups is 1. The molecule has 2 amide bonds. The molecule has 0 spiro atoms. The summed E-state index contributed by atoms with van der Waals surface area (Å²) in [6, 6.07) is 5.01. The Bertz CT molecular complexity index is 707. The lowest BCUT2D eigenvalue weighted by molar-refractivity contribution is -0.126. The highest BCUT2D eigenvalue weighted by molar-refractivity contribution is 5.79. The Labute approximate surface area is 172 Å². The van der Waals surface area contributed by atoms with Crippen molar-refractivity contribution >= 4 is 12.0 Å². The quantitative estimate of drug-likeness (QED) is 0.785. The molecule has 2 N–H and O–H groups in total. The number of amides is 2. The Kier molecular flexibility index (Phi) is 7.23. The van der Waals surface area contributed by atoms with E-state index in [9.17, 15) is 14.7 Å². The minimum Gasteiger partial charge on any atom is -0.504 e. The van der Waals surface area contributed by atoms with Crippen molar-refractivity contribution in [1.82, 2.24) is 10.2 Å². The second kappa shape index (κ2) is 9.85. The lowest BCUT2D eigenvalue weighted by atomic mass is 9.89. The van der Waals surface area contributed by atoms with E-state index >= 15 is 0 Å². The standard InChI is InChI=1S/C22H32N2O5/c1-15-3-6-18(7-4-15)29-22(27)24-11-9-17(10-12-24)21(26)23-14-16-5-8-19(25)20(13-16)28-2/h5,8,13,15,17-18,25H,3-4,6-7,9-12,14H2,1-2H3,(H,23,26)/t15-,18+. The number of rotatable bonds is 5. The van der Waals surface area contributed by atoms with Crippen LogP contribution in [0.2, 0.25) is 0 Å². The fourth-order valence-electron chi connectivity index (χ4n) is 4.05. The molecule has 1 saturated heterocycles. The Morgan fingerprint density at radius 3 is 2.48 bits per heavy atom. The number of nitrogens with zero attached hydrogens (tertiary/aromatic N) is 1. The van der Waals surface area contributed by atoms with Gasteiger partial charge in [0.05, 0.1) is 7.11 Å². The van der Waals surface area contributed by atoms with Crippen LogP contribution in [0.4, 0.5) is 4.79 Å². The molecule has 0 aromatic heterocycles. The van der Waals surface area contributed by atoms with E-state index in [0.717, 1.165) is 37.2 Å². The molecule has 1 saturated carbocycles. The highest BCUT2D eigenvalue weighted by Crippen LogP contribution is 2.28. The molecule has 1 aromatic carbocycles. The summed E-state index contributed by atoms with van der Waals surface area (Å²) in [6.07, 6.45) is 5.23. The molecule has 1 heterocycles. The number of carbonyl (C=O) groups is 2. The number of ether oxygens (including phenoxy) is 2. The van der Waals surface area contributed by atoms with Crippen molar-refractivity contribution in [2.24, 2.45) is 11.8 Å². The van der Waals surface area contributed by atoms with Gasteiger partial charge in [0.25, 0.3) is 0 Å². The van der Waals surface area contributed by atoms with Gasteiger partial charge in [0.2, 0.25) is 5.91 Å². The molecule has 7 nitrogen and oxygen atoms in total. The normalized spacial score (nSPS) is 22.8. The van der Waals surface area contributed by atoms with Crippen molar-refractivity contribution in [1.29, 1.82) is 0 Å². The smallest absolute Gasteiger partial charge is 0.410 e. The number of benzene rings is 1. The summed E-state index contributed by atoms with van der Waals surface area (Å²) < 4.78 is 10.8. The number of hydrogen-bond donors (Lipinski definition) is 2. The molecule has 29 heavy (non-hydrogen) atoms. The van der Waals surface area contributed by atoms with Crippen molar-refractivity contribution in [3.63, 3.8) is 0 Å². The van der Waals surface area contributed by atoms with Crippen LogP contribution < -0.4 is 10.1 Å². The number of phenols is 1. The van der Waals surface area contributed by atoms with Gasteiger partial charge in [-0.05, 0) is 62.1 Å². The number of hydrogen-bond acceptors (Lipinski definition) is 5. The molecule has 0 unspecified atom stereocenters. The zero-order chi connectivity index (χ0) is 20.8. The Morgan fingerprint density at radius 1 is 1.14 bits per heavy atom. The van der Waals surface area contributed by atoms with Gasteiger partial charge in [-0.1, -0.05) is 13.0 Å². The van der Waals surface area contributed by atoms with Crippen LogP contribution in [0, 0.1) is 11.8 Å². The molecular formula is C22H32N2O5. The third kappa shape index (κ3) is 5.78. The minimum atomic E-state index is -0.236. The first kappa shape index (κ1) is 21.3. The van der Waals surface area contributed by atoms with Crippen LogP contribution in [0.25, 0.3) is 0 Å². The summed E-state index contributed by atoms with van der Waals surface area (Å²) in [5, 5.41) is 12.6. The van der Waals surface area contributed by atoms with Crippen molar-refractivity contribution in [3.8, 4) is 11.5 Å². The highest BCUT2D eigenvalue weighted by atomic mass is 16.6. The van der Waals surface area contributed by atoms with E-state index in [-0.39, 0.29) is 29.8 Å². The zero-order valence-corrected chi connectivity index (χ0v) is 17.4. The largest absolute Gasteiger partial charge is 0.504 e.